The van der Waals surface area contributed by atoms with Crippen LogP contribution in [-0.4, -0.2) is 69.2 Å². The molecule has 0 spiro atoms. The highest BCUT2D eigenvalue weighted by molar-refractivity contribution is 7.87. The number of benzene rings is 2. The zero-order valence-corrected chi connectivity index (χ0v) is 39.4. The average Bonchev–Trinajstić information content (AvgIpc) is 3.60. The number of ether oxygens (including phenoxy) is 1. The number of fused-ring (bicyclic) bond motifs is 1. The van der Waals surface area contributed by atoms with Crippen molar-refractivity contribution in [3.05, 3.63) is 141 Å². The van der Waals surface area contributed by atoms with E-state index in [0.29, 0.717) is 39.8 Å². The van der Waals surface area contributed by atoms with Crippen molar-refractivity contribution in [3.63, 3.8) is 0 Å². The van der Waals surface area contributed by atoms with Crippen molar-refractivity contribution in [2.45, 2.75) is 80.5 Å². The van der Waals surface area contributed by atoms with Crippen LogP contribution >= 0.6 is 23.2 Å². The first-order valence-corrected chi connectivity index (χ1v) is 22.2. The van der Waals surface area contributed by atoms with E-state index < -0.39 is 26.4 Å². The second-order valence-corrected chi connectivity index (χ2v) is 16.5. The Labute approximate surface area is 380 Å². The molecule has 2 aromatic carbocycles. The van der Waals surface area contributed by atoms with Gasteiger partial charge in [-0.2, -0.15) is 16.8 Å². The SMILES string of the molecule is C.COC(=O)CCl.Cc1cc(C)c(NS(=O)(=O)O)c(C)c1.Cc1cc(C)c(S(=O)(=O)O)c(C)c1.Cc1cccc(=N)n1N.Cc1cccc(N)n1.Cc1cccc2nc(CCl)nn12. The number of nitrogens with zero attached hydrogens (tertiary/aromatic N) is 5. The first kappa shape index (κ1) is 57.4. The third-order valence-electron chi connectivity index (χ3n) is 7.96. The fraction of sp³-hybridized carbons (Fsp3) is 0.310. The lowest BCUT2D eigenvalue weighted by Crippen LogP contribution is -2.27. The minimum absolute atomic E-state index is 0. The fourth-order valence-electron chi connectivity index (χ4n) is 5.43. The molecule has 4 aromatic heterocycles. The largest absolute Gasteiger partial charge is 0.468 e. The Bertz CT molecular complexity index is 2640. The molecule has 0 atom stereocenters. The van der Waals surface area contributed by atoms with Crippen LogP contribution in [0.5, 0.6) is 0 Å². The van der Waals surface area contributed by atoms with Gasteiger partial charge in [0, 0.05) is 17.1 Å². The van der Waals surface area contributed by atoms with Gasteiger partial charge in [-0.1, -0.05) is 61.0 Å². The summed E-state index contributed by atoms with van der Waals surface area (Å²) in [5.41, 5.74) is 14.7. The smallest absolute Gasteiger partial charge is 0.357 e. The van der Waals surface area contributed by atoms with E-state index in [0.717, 1.165) is 45.0 Å². The van der Waals surface area contributed by atoms with Gasteiger partial charge in [-0.25, -0.2) is 19.2 Å². The zero-order chi connectivity index (χ0) is 47.5. The fourth-order valence-corrected chi connectivity index (χ4v) is 7.16. The lowest BCUT2D eigenvalue weighted by Gasteiger charge is -2.10. The van der Waals surface area contributed by atoms with E-state index in [1.165, 1.54) is 11.8 Å². The highest BCUT2D eigenvalue weighted by atomic mass is 35.5. The number of nitrogen functional groups attached to an aromatic ring is 2. The topological polar surface area (TPSA) is 271 Å². The van der Waals surface area contributed by atoms with Gasteiger partial charge in [-0.3, -0.25) is 24.0 Å². The van der Waals surface area contributed by atoms with E-state index >= 15 is 0 Å². The zero-order valence-electron chi connectivity index (χ0n) is 36.2. The molecule has 0 unspecified atom stereocenters. The van der Waals surface area contributed by atoms with Gasteiger partial charge in [0.2, 0.25) is 0 Å². The molecule has 0 bridgehead atoms. The minimum atomic E-state index is -4.19. The van der Waals surface area contributed by atoms with Gasteiger partial charge in [0.25, 0.3) is 10.1 Å². The molecule has 8 N–H and O–H groups in total. The third-order valence-corrected chi connectivity index (χ3v) is 10.0. The second-order valence-electron chi connectivity index (χ2n) is 13.5. The summed E-state index contributed by atoms with van der Waals surface area (Å²) in [7, 11) is -6.97. The number of nitrogens with two attached hydrogens (primary N) is 2. The van der Waals surface area contributed by atoms with Crippen molar-refractivity contribution in [2.75, 3.05) is 29.3 Å². The molecule has 4 heterocycles. The number of methoxy groups -OCH3 is 1. The molecular weight excluding hydrogens is 894 g/mol. The number of pyridine rings is 3. The van der Waals surface area contributed by atoms with Crippen LogP contribution in [0.4, 0.5) is 11.5 Å². The first-order valence-electron chi connectivity index (χ1n) is 18.3. The monoisotopic (exact) mass is 951 g/mol. The number of carbonyl (C=O) groups is 1. The standard InChI is InChI=1S/C9H13NO3S.C9H12O3S.C8H8ClN3.C6H9N3.C6H8N2.C3H5ClO2.CH4/c1-6-4-7(2)9(8(3)5-6)10-14(11,12)13;1-6-4-7(2)9(8(3)5-6)13(10,11)12;1-6-3-2-4-8-10-7(5-9)11-12(6)8;1-5-3-2-4-6(7)9(5)8;1-5-3-2-4-6(7)8-5;1-6-3(5)2-4;/h4-5,10H,1-3H3,(H,11,12,13);4-5H,1-3H3,(H,10,11,12);2-4H,5H2,1H3;2-4,7H,8H2,1H3;2-4H,1H3,(H2,7,8);2H2,1H3;1H4. The van der Waals surface area contributed by atoms with Crippen LogP contribution in [0.2, 0.25) is 0 Å². The van der Waals surface area contributed by atoms with E-state index in [1.54, 1.807) is 62.5 Å². The highest BCUT2D eigenvalue weighted by Crippen LogP contribution is 2.23. The van der Waals surface area contributed by atoms with Crippen molar-refractivity contribution in [1.29, 1.82) is 5.41 Å². The molecule has 0 amide bonds. The molecule has 0 aliphatic carbocycles. The summed E-state index contributed by atoms with van der Waals surface area (Å²) in [4.78, 5) is 18.0. The van der Waals surface area contributed by atoms with Crippen LogP contribution in [0.3, 0.4) is 0 Å². The van der Waals surface area contributed by atoms with Crippen molar-refractivity contribution in [1.82, 2.24) is 24.3 Å². The van der Waals surface area contributed by atoms with Crippen LogP contribution < -0.4 is 21.8 Å². The molecule has 17 nitrogen and oxygen atoms in total. The quantitative estimate of drug-likeness (QED) is 0.0424. The van der Waals surface area contributed by atoms with Crippen LogP contribution in [0, 0.1) is 67.7 Å². The van der Waals surface area contributed by atoms with Gasteiger partial charge in [0.1, 0.15) is 17.2 Å². The molecule has 0 saturated carbocycles. The number of aromatic nitrogens is 5. The predicted octanol–water partition coefficient (Wildman–Crippen LogP) is 7.46. The number of hydrogen-bond acceptors (Lipinski definition) is 12. The molecular formula is C42H59Cl2N9O8S2. The van der Waals surface area contributed by atoms with Crippen LogP contribution in [0.25, 0.3) is 5.65 Å². The lowest BCUT2D eigenvalue weighted by molar-refractivity contribution is -0.137. The number of halogens is 2. The molecule has 0 aliphatic heterocycles. The van der Waals surface area contributed by atoms with E-state index in [-0.39, 0.29) is 18.2 Å². The summed E-state index contributed by atoms with van der Waals surface area (Å²) in [5.74, 6) is 6.58. The normalized spacial score (nSPS) is 10.3. The Balaban J connectivity index is 0.000000744. The molecule has 0 aliphatic rings. The Morgan fingerprint density at radius 3 is 1.63 bits per heavy atom. The Morgan fingerprint density at radius 1 is 0.778 bits per heavy atom. The maximum atomic E-state index is 10.9. The number of aryl methyl sites for hydroxylation is 9. The number of rotatable bonds is 5. The Morgan fingerprint density at radius 2 is 1.27 bits per heavy atom. The summed E-state index contributed by atoms with van der Waals surface area (Å²) in [6, 6.07) is 23.9. The molecule has 0 saturated heterocycles. The Kier molecular flexibility index (Phi) is 24.4. The van der Waals surface area contributed by atoms with E-state index in [4.69, 9.17) is 49.3 Å². The maximum Gasteiger partial charge on any atom is 0.357 e. The average molecular weight is 953 g/mol. The van der Waals surface area contributed by atoms with Crippen LogP contribution in [0.15, 0.2) is 83.8 Å². The molecule has 6 aromatic rings. The molecule has 0 fully saturated rings. The molecule has 346 valence electrons. The van der Waals surface area contributed by atoms with Gasteiger partial charge in [-0.15, -0.1) is 28.3 Å². The van der Waals surface area contributed by atoms with Crippen molar-refractivity contribution < 1.29 is 35.5 Å². The summed E-state index contributed by atoms with van der Waals surface area (Å²) >= 11 is 10.6. The maximum absolute atomic E-state index is 10.9. The Hall–Kier alpha value is -5.57. The van der Waals surface area contributed by atoms with Gasteiger partial charge in [0.05, 0.1) is 23.6 Å². The van der Waals surface area contributed by atoms with Crippen molar-refractivity contribution in [2.24, 2.45) is 0 Å². The number of hydrogen-bond donors (Lipinski definition) is 6. The first-order chi connectivity index (χ1) is 28.7. The van der Waals surface area contributed by atoms with Crippen LogP contribution in [0.1, 0.15) is 63.7 Å². The van der Waals surface area contributed by atoms with Crippen LogP contribution in [-0.2, 0) is 35.8 Å². The predicted molar refractivity (Wildman–Crippen MR) is 252 cm³/mol. The van der Waals surface area contributed by atoms with E-state index in [9.17, 15) is 21.6 Å². The summed E-state index contributed by atoms with van der Waals surface area (Å²) < 4.78 is 70.0. The summed E-state index contributed by atoms with van der Waals surface area (Å²) in [6.45, 7) is 16.5. The number of nitrogens with one attached hydrogen (secondary N) is 2. The number of esters is 1. The van der Waals surface area contributed by atoms with Gasteiger partial charge in [0.15, 0.2) is 11.5 Å². The molecule has 63 heavy (non-hydrogen) atoms. The summed E-state index contributed by atoms with van der Waals surface area (Å²) in [6.07, 6.45) is 0. The second kappa shape index (κ2) is 26.8. The number of alkyl halides is 2. The highest BCUT2D eigenvalue weighted by Gasteiger charge is 2.16. The number of anilines is 2. The third kappa shape index (κ3) is 20.9. The van der Waals surface area contributed by atoms with Gasteiger partial charge < -0.3 is 16.3 Å². The molecule has 0 radical (unpaired) electrons. The summed E-state index contributed by atoms with van der Waals surface area (Å²) in [5, 5.41) is 11.4. The van der Waals surface area contributed by atoms with E-state index in [2.05, 4.69) is 24.5 Å². The van der Waals surface area contributed by atoms with Crippen molar-refractivity contribution >= 4 is 66.7 Å². The molecule has 6 rings (SSSR count). The molecule has 21 heteroatoms. The van der Waals surface area contributed by atoms with Gasteiger partial charge >= 0.3 is 16.3 Å². The van der Waals surface area contributed by atoms with Gasteiger partial charge in [-0.05, 0) is 121 Å². The lowest BCUT2D eigenvalue weighted by atomic mass is 10.1. The number of carbonyl (C=O) groups excluding carboxylic acids is 1. The van der Waals surface area contributed by atoms with E-state index in [1.807, 2.05) is 83.1 Å². The minimum Gasteiger partial charge on any atom is -0.468 e. The van der Waals surface area contributed by atoms with Crippen molar-refractivity contribution in [3.8, 4) is 0 Å².